The van der Waals surface area contributed by atoms with Gasteiger partial charge in [0.2, 0.25) is 6.33 Å². The topological polar surface area (TPSA) is 35.9 Å². The van der Waals surface area contributed by atoms with E-state index < -0.39 is 0 Å². The molecule has 0 radical (unpaired) electrons. The van der Waals surface area contributed by atoms with Crippen LogP contribution >= 0.6 is 0 Å². The molecule has 9 rings (SSSR count). The van der Waals surface area contributed by atoms with E-state index in [2.05, 4.69) is 222 Å². The monoisotopic (exact) mass is 800 g/mol. The van der Waals surface area contributed by atoms with Crippen molar-refractivity contribution in [1.82, 2.24) is 14.1 Å². The normalized spacial score (nSPS) is 12.5. The first-order valence-electron chi connectivity index (χ1n) is 21.6. The van der Waals surface area contributed by atoms with Gasteiger partial charge in [-0.15, -0.1) is 0 Å². The molecular weight excluding hydrogens is 745 g/mol. The van der Waals surface area contributed by atoms with Crippen molar-refractivity contribution in [3.05, 3.63) is 180 Å². The molecule has 0 saturated carbocycles. The maximum absolute atomic E-state index is 6.74. The van der Waals surface area contributed by atoms with E-state index in [1.54, 1.807) is 0 Å². The van der Waals surface area contributed by atoms with Crippen LogP contribution in [0, 0.1) is 6.33 Å². The van der Waals surface area contributed by atoms with E-state index in [0.717, 1.165) is 63.4 Å². The summed E-state index contributed by atoms with van der Waals surface area (Å²) in [5.74, 6) is 2.41. The highest BCUT2D eigenvalue weighted by atomic mass is 16.5. The number of aryl methyl sites for hydroxylation is 2. The molecular formula is C56H56N4O. The lowest BCUT2D eigenvalue weighted by Crippen LogP contribution is -2.34. The van der Waals surface area contributed by atoms with Crippen molar-refractivity contribution in [3.8, 4) is 34.1 Å². The quantitative estimate of drug-likeness (QED) is 0.113. The fraction of sp³-hybridized carbons (Fsp3) is 0.250. The number of ether oxygens (including phenoxy) is 1. The molecule has 0 fully saturated rings. The summed E-state index contributed by atoms with van der Waals surface area (Å²) in [6, 6.07) is 52.1. The number of nitrogens with zero attached hydrogens (tertiary/aromatic N) is 4. The highest BCUT2D eigenvalue weighted by Crippen LogP contribution is 2.37. The van der Waals surface area contributed by atoms with Gasteiger partial charge < -0.3 is 13.9 Å². The van der Waals surface area contributed by atoms with Gasteiger partial charge >= 0.3 is 0 Å². The molecule has 0 unspecified atom stereocenters. The summed E-state index contributed by atoms with van der Waals surface area (Å²) in [6.45, 7) is 21.3. The van der Waals surface area contributed by atoms with Crippen molar-refractivity contribution < 1.29 is 9.30 Å². The second-order valence-electron chi connectivity index (χ2n) is 19.6. The average molecular weight is 801 g/mol. The Bertz CT molecular complexity index is 3020. The summed E-state index contributed by atoms with van der Waals surface area (Å²) in [5.41, 5.74) is 13.2. The Morgan fingerprint density at radius 1 is 0.557 bits per heavy atom. The standard InChI is InChI=1S/C56H56N4O/c1-54(2,3)40-27-29-57-52(34-40)60-49-23-14-13-21-47(49)48-26-25-45(36-51(48)60)61-44-20-15-19-43(35-44)59-37-58(53-46(22-16-24-50(53)59)39-17-11-10-12-18-39)30-28-38-31-41(55(4,5)6)33-42(32-38)56(7,8)9/h10-27,29,31-36H,28,30H2,1-9H3. The molecule has 306 valence electrons. The first-order chi connectivity index (χ1) is 29.1. The maximum atomic E-state index is 6.74. The predicted octanol–water partition coefficient (Wildman–Crippen LogP) is 13.8. The molecule has 0 atom stereocenters. The van der Waals surface area contributed by atoms with Gasteiger partial charge in [0, 0.05) is 29.5 Å². The zero-order valence-electron chi connectivity index (χ0n) is 37.0. The lowest BCUT2D eigenvalue weighted by atomic mass is 9.79. The molecule has 0 amide bonds. The van der Waals surface area contributed by atoms with Crippen molar-refractivity contribution in [2.24, 2.45) is 0 Å². The third-order valence-electron chi connectivity index (χ3n) is 12.0. The average Bonchev–Trinajstić information content (AvgIpc) is 3.78. The largest absolute Gasteiger partial charge is 0.458 e. The predicted molar refractivity (Wildman–Crippen MR) is 253 cm³/mol. The molecule has 3 aromatic heterocycles. The van der Waals surface area contributed by atoms with Crippen molar-refractivity contribution in [3.63, 3.8) is 0 Å². The molecule has 3 heterocycles. The Labute approximate surface area is 360 Å². The lowest BCUT2D eigenvalue weighted by Gasteiger charge is -2.26. The van der Waals surface area contributed by atoms with E-state index in [1.165, 1.54) is 38.8 Å². The third kappa shape index (κ3) is 7.86. The van der Waals surface area contributed by atoms with Gasteiger partial charge in [-0.05, 0) is 92.1 Å². The molecule has 0 spiro atoms. The minimum Gasteiger partial charge on any atom is -0.458 e. The van der Waals surface area contributed by atoms with Crippen LogP contribution in [-0.4, -0.2) is 14.1 Å². The zero-order chi connectivity index (χ0) is 42.7. The van der Waals surface area contributed by atoms with Gasteiger partial charge in [-0.25, -0.2) is 4.98 Å². The molecule has 5 heteroatoms. The van der Waals surface area contributed by atoms with Gasteiger partial charge in [0.1, 0.15) is 17.3 Å². The number of rotatable bonds is 8. The fourth-order valence-electron chi connectivity index (χ4n) is 8.46. The summed E-state index contributed by atoms with van der Waals surface area (Å²) in [4.78, 5) is 4.88. The van der Waals surface area contributed by atoms with E-state index in [9.17, 15) is 0 Å². The summed E-state index contributed by atoms with van der Waals surface area (Å²) in [7, 11) is 0. The Hall–Kier alpha value is -6.46. The number of hydrogen-bond acceptors (Lipinski definition) is 2. The van der Waals surface area contributed by atoms with Gasteiger partial charge in [0.25, 0.3) is 0 Å². The molecule has 9 aromatic rings. The number of aromatic nitrogens is 4. The van der Waals surface area contributed by atoms with E-state index in [1.807, 2.05) is 12.3 Å². The van der Waals surface area contributed by atoms with Crippen LogP contribution in [0.3, 0.4) is 0 Å². The SMILES string of the molecule is CC(C)(C)c1cc(CC[n+]2[c-]n(-c3cccc(Oc4ccc5c6ccccc6n(-c6cc(C(C)(C)C)ccn6)c5c4)c3)c3cccc(-c4ccccc4)c32)cc(C(C)(C)C)c1. The highest BCUT2D eigenvalue weighted by Gasteiger charge is 2.22. The Morgan fingerprint density at radius 3 is 1.95 bits per heavy atom. The van der Waals surface area contributed by atoms with Crippen LogP contribution in [0.2, 0.25) is 0 Å². The summed E-state index contributed by atoms with van der Waals surface area (Å²) >= 11 is 0. The van der Waals surface area contributed by atoms with Crippen LogP contribution in [-0.2, 0) is 29.2 Å². The number of imidazole rings is 1. The van der Waals surface area contributed by atoms with E-state index in [-0.39, 0.29) is 16.2 Å². The maximum Gasteiger partial charge on any atom is 0.244 e. The van der Waals surface area contributed by atoms with Crippen LogP contribution < -0.4 is 9.30 Å². The fourth-order valence-corrected chi connectivity index (χ4v) is 8.46. The Kier molecular flexibility index (Phi) is 9.97. The third-order valence-corrected chi connectivity index (χ3v) is 12.0. The minimum atomic E-state index is -0.00516. The van der Waals surface area contributed by atoms with E-state index in [0.29, 0.717) is 0 Å². The number of pyridine rings is 1. The number of benzene rings is 6. The van der Waals surface area contributed by atoms with Crippen molar-refractivity contribution in [2.45, 2.75) is 91.5 Å². The molecule has 0 N–H and O–H groups in total. The van der Waals surface area contributed by atoms with Gasteiger partial charge in [-0.1, -0.05) is 159 Å². The van der Waals surface area contributed by atoms with Gasteiger partial charge in [0.05, 0.1) is 34.3 Å². The molecule has 0 aliphatic carbocycles. The van der Waals surface area contributed by atoms with Crippen molar-refractivity contribution in [1.29, 1.82) is 0 Å². The van der Waals surface area contributed by atoms with Crippen LogP contribution in [0.1, 0.15) is 84.6 Å². The van der Waals surface area contributed by atoms with Crippen molar-refractivity contribution >= 4 is 32.8 Å². The molecule has 5 nitrogen and oxygen atoms in total. The second-order valence-corrected chi connectivity index (χ2v) is 19.6. The van der Waals surface area contributed by atoms with Gasteiger partial charge in [-0.2, -0.15) is 0 Å². The van der Waals surface area contributed by atoms with Gasteiger partial charge in [-0.3, -0.25) is 4.57 Å². The second kappa shape index (κ2) is 15.2. The summed E-state index contributed by atoms with van der Waals surface area (Å²) in [6.07, 6.45) is 6.62. The van der Waals surface area contributed by atoms with Gasteiger partial charge in [0.15, 0.2) is 0 Å². The molecule has 0 aliphatic heterocycles. The number of hydrogen-bond donors (Lipinski definition) is 0. The highest BCUT2D eigenvalue weighted by molar-refractivity contribution is 6.09. The number of para-hydroxylation sites is 2. The molecule has 0 aliphatic rings. The minimum absolute atomic E-state index is 0.00516. The Balaban J connectivity index is 1.11. The first kappa shape index (κ1) is 40.0. The van der Waals surface area contributed by atoms with Crippen LogP contribution in [0.25, 0.3) is 55.5 Å². The molecule has 6 aromatic carbocycles. The molecule has 0 saturated heterocycles. The molecule has 0 bridgehead atoms. The number of fused-ring (bicyclic) bond motifs is 4. The smallest absolute Gasteiger partial charge is 0.244 e. The van der Waals surface area contributed by atoms with Crippen LogP contribution in [0.15, 0.2) is 152 Å². The van der Waals surface area contributed by atoms with Crippen LogP contribution in [0.4, 0.5) is 0 Å². The van der Waals surface area contributed by atoms with Crippen molar-refractivity contribution in [2.75, 3.05) is 0 Å². The first-order valence-corrected chi connectivity index (χ1v) is 21.6. The summed E-state index contributed by atoms with van der Waals surface area (Å²) < 4.78 is 13.5. The summed E-state index contributed by atoms with van der Waals surface area (Å²) in [5, 5.41) is 2.34. The Morgan fingerprint density at radius 2 is 1.21 bits per heavy atom. The lowest BCUT2D eigenvalue weighted by molar-refractivity contribution is -0.675. The van der Waals surface area contributed by atoms with E-state index in [4.69, 9.17) is 9.72 Å². The zero-order valence-corrected chi connectivity index (χ0v) is 37.0. The van der Waals surface area contributed by atoms with E-state index >= 15 is 0 Å². The van der Waals surface area contributed by atoms with Crippen LogP contribution in [0.5, 0.6) is 11.5 Å². The molecule has 61 heavy (non-hydrogen) atoms.